The maximum absolute atomic E-state index is 12.0. The van der Waals surface area contributed by atoms with E-state index < -0.39 is 10.0 Å². The fourth-order valence-corrected chi connectivity index (χ4v) is 2.38. The number of hydrogen-bond acceptors (Lipinski definition) is 5. The van der Waals surface area contributed by atoms with Gasteiger partial charge in [0.25, 0.3) is 10.0 Å². The van der Waals surface area contributed by atoms with Gasteiger partial charge in [0.2, 0.25) is 5.91 Å². The van der Waals surface area contributed by atoms with Gasteiger partial charge in [0.1, 0.15) is 0 Å². The molecule has 114 valence electrons. The number of carbonyl (C=O) groups excluding carboxylic acids is 1. The quantitative estimate of drug-likeness (QED) is 0.642. The molecule has 2 rings (SSSR count). The zero-order valence-corrected chi connectivity index (χ0v) is 12.5. The Bertz CT molecular complexity index is 771. The van der Waals surface area contributed by atoms with Gasteiger partial charge in [0.05, 0.1) is 16.8 Å². The summed E-state index contributed by atoms with van der Waals surface area (Å²) < 4.78 is 24.0. The lowest BCUT2D eigenvalue weighted by Gasteiger charge is -2.05. The van der Waals surface area contributed by atoms with Crippen LogP contribution in [-0.4, -0.2) is 25.5 Å². The highest BCUT2D eigenvalue weighted by Gasteiger charge is 2.12. The first-order valence-electron chi connectivity index (χ1n) is 6.31. The van der Waals surface area contributed by atoms with Crippen molar-refractivity contribution in [3.05, 3.63) is 54.4 Å². The monoisotopic (exact) mass is 318 g/mol. The van der Waals surface area contributed by atoms with Gasteiger partial charge in [-0.2, -0.15) is 13.5 Å². The lowest BCUT2D eigenvalue weighted by molar-refractivity contribution is -0.114. The van der Waals surface area contributed by atoms with Crippen molar-refractivity contribution in [2.75, 3.05) is 5.32 Å². The summed E-state index contributed by atoms with van der Waals surface area (Å²) >= 11 is 0. The number of hydrogen-bond donors (Lipinski definition) is 2. The molecule has 1 heterocycles. The van der Waals surface area contributed by atoms with Crippen molar-refractivity contribution in [1.29, 1.82) is 0 Å². The van der Waals surface area contributed by atoms with Crippen LogP contribution in [0.5, 0.6) is 0 Å². The summed E-state index contributed by atoms with van der Waals surface area (Å²) in [6.07, 6.45) is 2.89. The van der Waals surface area contributed by atoms with Crippen molar-refractivity contribution in [2.45, 2.75) is 11.8 Å². The molecule has 0 spiro atoms. The van der Waals surface area contributed by atoms with Gasteiger partial charge in [-0.3, -0.25) is 9.78 Å². The van der Waals surface area contributed by atoms with Crippen LogP contribution in [-0.2, 0) is 14.8 Å². The fraction of sp³-hybridized carbons (Fsp3) is 0.0714. The third-order valence-corrected chi connectivity index (χ3v) is 3.78. The second-order valence-corrected chi connectivity index (χ2v) is 5.97. The Labute approximate surface area is 128 Å². The number of hydrazone groups is 1. The number of nitrogens with zero attached hydrogens (tertiary/aromatic N) is 2. The van der Waals surface area contributed by atoms with Crippen molar-refractivity contribution in [3.8, 4) is 0 Å². The number of sulfonamides is 1. The molecule has 8 heteroatoms. The average Bonchev–Trinajstić information content (AvgIpc) is 2.48. The molecule has 22 heavy (non-hydrogen) atoms. The molecular weight excluding hydrogens is 304 g/mol. The maximum atomic E-state index is 12.0. The molecule has 2 N–H and O–H groups in total. The zero-order chi connectivity index (χ0) is 16.0. The minimum absolute atomic E-state index is 0.0415. The molecule has 0 saturated heterocycles. The average molecular weight is 318 g/mol. The molecule has 1 aromatic carbocycles. The standard InChI is InChI=1S/C14H14N4O3S/c1-11(19)17-12-5-7-14(8-6-12)22(20,21)18-16-10-13-4-2-3-9-15-13/h2-10,18H,1H3,(H,17,19)/b16-10+. The second kappa shape index (κ2) is 6.81. The number of amides is 1. The largest absolute Gasteiger partial charge is 0.326 e. The topological polar surface area (TPSA) is 101 Å². The molecule has 7 nitrogen and oxygen atoms in total. The van der Waals surface area contributed by atoms with Crippen LogP contribution < -0.4 is 10.1 Å². The molecule has 0 bridgehead atoms. The Morgan fingerprint density at radius 3 is 2.50 bits per heavy atom. The number of pyridine rings is 1. The smallest absolute Gasteiger partial charge is 0.276 e. The number of rotatable bonds is 5. The van der Waals surface area contributed by atoms with Gasteiger partial charge < -0.3 is 5.32 Å². The van der Waals surface area contributed by atoms with Gasteiger partial charge in [-0.25, -0.2) is 4.83 Å². The molecule has 0 radical (unpaired) electrons. The molecule has 0 fully saturated rings. The van der Waals surface area contributed by atoms with Crippen molar-refractivity contribution in [3.63, 3.8) is 0 Å². The van der Waals surface area contributed by atoms with Crippen molar-refractivity contribution < 1.29 is 13.2 Å². The predicted octanol–water partition coefficient (Wildman–Crippen LogP) is 1.35. The highest BCUT2D eigenvalue weighted by Crippen LogP contribution is 2.13. The van der Waals surface area contributed by atoms with Crippen molar-refractivity contribution >= 4 is 27.8 Å². The Morgan fingerprint density at radius 2 is 1.91 bits per heavy atom. The third-order valence-electron chi connectivity index (χ3n) is 2.54. The van der Waals surface area contributed by atoms with Crippen molar-refractivity contribution in [2.24, 2.45) is 5.10 Å². The van der Waals surface area contributed by atoms with Gasteiger partial charge in [-0.15, -0.1) is 0 Å². The molecule has 0 aliphatic rings. The predicted molar refractivity (Wildman–Crippen MR) is 82.9 cm³/mol. The lowest BCUT2D eigenvalue weighted by Crippen LogP contribution is -2.18. The van der Waals surface area contributed by atoms with Gasteiger partial charge in [0, 0.05) is 18.8 Å². The van der Waals surface area contributed by atoms with Crippen LogP contribution in [0.2, 0.25) is 0 Å². The van der Waals surface area contributed by atoms with E-state index in [0.717, 1.165) is 0 Å². The molecule has 2 aromatic rings. The first-order chi connectivity index (χ1) is 10.5. The molecule has 0 aliphatic carbocycles. The summed E-state index contributed by atoms with van der Waals surface area (Å²) in [6.45, 7) is 1.37. The van der Waals surface area contributed by atoms with Gasteiger partial charge in [0.15, 0.2) is 0 Å². The highest BCUT2D eigenvalue weighted by atomic mass is 32.2. The van der Waals surface area contributed by atoms with Gasteiger partial charge in [-0.05, 0) is 36.4 Å². The molecule has 0 unspecified atom stereocenters. The lowest BCUT2D eigenvalue weighted by atomic mass is 10.3. The number of anilines is 1. The van der Waals surface area contributed by atoms with Crippen molar-refractivity contribution in [1.82, 2.24) is 9.82 Å². The Kier molecular flexibility index (Phi) is 4.84. The molecular formula is C14H14N4O3S. The normalized spacial score (nSPS) is 11.3. The minimum atomic E-state index is -3.76. The van der Waals surface area contributed by atoms with E-state index in [1.807, 2.05) is 0 Å². The van der Waals surface area contributed by atoms with Crippen LogP contribution >= 0.6 is 0 Å². The molecule has 0 atom stereocenters. The summed E-state index contributed by atoms with van der Waals surface area (Å²) in [5.41, 5.74) is 1.05. The first-order valence-corrected chi connectivity index (χ1v) is 7.79. The summed E-state index contributed by atoms with van der Waals surface area (Å²) in [5.74, 6) is -0.228. The first kappa shape index (κ1) is 15.6. The van der Waals surface area contributed by atoms with Crippen LogP contribution in [0.1, 0.15) is 12.6 Å². The van der Waals surface area contributed by atoms with E-state index >= 15 is 0 Å². The third kappa shape index (κ3) is 4.38. The van der Waals surface area contributed by atoms with E-state index in [1.54, 1.807) is 24.4 Å². The van der Waals surface area contributed by atoms with Crippen LogP contribution in [0.25, 0.3) is 0 Å². The highest BCUT2D eigenvalue weighted by molar-refractivity contribution is 7.89. The van der Waals surface area contributed by atoms with E-state index in [2.05, 4.69) is 20.2 Å². The second-order valence-electron chi connectivity index (χ2n) is 4.31. The molecule has 0 aliphatic heterocycles. The van der Waals surface area contributed by atoms with Crippen LogP contribution in [0, 0.1) is 0 Å². The molecule has 0 saturated carbocycles. The van der Waals surface area contributed by atoms with Gasteiger partial charge in [-0.1, -0.05) is 6.07 Å². The summed E-state index contributed by atoms with van der Waals surface area (Å²) in [5, 5.41) is 6.22. The summed E-state index contributed by atoms with van der Waals surface area (Å²) in [7, 11) is -3.76. The maximum Gasteiger partial charge on any atom is 0.276 e. The fourth-order valence-electron chi connectivity index (χ4n) is 1.59. The van der Waals surface area contributed by atoms with Crippen LogP contribution in [0.3, 0.4) is 0 Å². The Morgan fingerprint density at radius 1 is 1.18 bits per heavy atom. The minimum Gasteiger partial charge on any atom is -0.326 e. The summed E-state index contributed by atoms with van der Waals surface area (Å²) in [4.78, 5) is 17.0. The number of benzene rings is 1. The van der Waals surface area contributed by atoms with Gasteiger partial charge >= 0.3 is 0 Å². The molecule has 1 amide bonds. The van der Waals surface area contributed by atoms with E-state index in [4.69, 9.17) is 0 Å². The van der Waals surface area contributed by atoms with E-state index in [1.165, 1.54) is 37.4 Å². The Hall–Kier alpha value is -2.74. The van der Waals surface area contributed by atoms with E-state index in [9.17, 15) is 13.2 Å². The SMILES string of the molecule is CC(=O)Nc1ccc(S(=O)(=O)N/N=C/c2ccccn2)cc1. The number of carbonyl (C=O) groups is 1. The molecule has 1 aromatic heterocycles. The number of nitrogens with one attached hydrogen (secondary N) is 2. The van der Waals surface area contributed by atoms with Crippen LogP contribution in [0.15, 0.2) is 58.7 Å². The van der Waals surface area contributed by atoms with E-state index in [0.29, 0.717) is 11.4 Å². The number of aromatic nitrogens is 1. The zero-order valence-electron chi connectivity index (χ0n) is 11.7. The van der Waals surface area contributed by atoms with E-state index in [-0.39, 0.29) is 10.8 Å². The summed E-state index contributed by atoms with van der Waals surface area (Å²) in [6, 6.07) is 11.0. The Balaban J connectivity index is 2.07. The van der Waals surface area contributed by atoms with Crippen LogP contribution in [0.4, 0.5) is 5.69 Å².